The summed E-state index contributed by atoms with van der Waals surface area (Å²) < 4.78 is 18.5. The number of ether oxygens (including phenoxy) is 1. The zero-order chi connectivity index (χ0) is 14.3. The summed E-state index contributed by atoms with van der Waals surface area (Å²) in [6.45, 7) is 4.75. The number of hydrogen-bond acceptors (Lipinski definition) is 3. The van der Waals surface area contributed by atoms with Crippen molar-refractivity contribution < 1.29 is 14.2 Å². The Kier molecular flexibility index (Phi) is 6.42. The van der Waals surface area contributed by atoms with Crippen LogP contribution >= 0.6 is 0 Å². The highest BCUT2D eigenvalue weighted by atomic mass is 19.1. The van der Waals surface area contributed by atoms with Gasteiger partial charge in [0.2, 0.25) is 0 Å². The maximum absolute atomic E-state index is 13.5. The first-order valence-electron chi connectivity index (χ1n) is 6.63. The number of aliphatic hydroxyl groups is 1. The summed E-state index contributed by atoms with van der Waals surface area (Å²) >= 11 is 0. The molecule has 3 nitrogen and oxygen atoms in total. The van der Waals surface area contributed by atoms with Crippen molar-refractivity contribution in [3.05, 3.63) is 35.6 Å². The van der Waals surface area contributed by atoms with Gasteiger partial charge in [-0.05, 0) is 31.9 Å². The molecule has 2 unspecified atom stereocenters. The van der Waals surface area contributed by atoms with E-state index in [1.165, 1.54) is 6.07 Å². The van der Waals surface area contributed by atoms with Gasteiger partial charge in [-0.2, -0.15) is 0 Å². The van der Waals surface area contributed by atoms with E-state index in [1.54, 1.807) is 26.2 Å². The third-order valence-electron chi connectivity index (χ3n) is 3.16. The Morgan fingerprint density at radius 1 is 1.42 bits per heavy atom. The summed E-state index contributed by atoms with van der Waals surface area (Å²) in [7, 11) is 1.62. The van der Waals surface area contributed by atoms with Crippen LogP contribution in [-0.4, -0.2) is 37.0 Å². The molecule has 0 saturated heterocycles. The number of nitrogens with one attached hydrogen (secondary N) is 1. The van der Waals surface area contributed by atoms with Crippen LogP contribution in [0.4, 0.5) is 4.39 Å². The van der Waals surface area contributed by atoms with Gasteiger partial charge in [-0.1, -0.05) is 18.2 Å². The molecule has 0 heterocycles. The molecular formula is C15H24FNO2. The third kappa shape index (κ3) is 6.14. The van der Waals surface area contributed by atoms with Crippen molar-refractivity contribution in [1.29, 1.82) is 0 Å². The van der Waals surface area contributed by atoms with Gasteiger partial charge in [-0.25, -0.2) is 4.39 Å². The normalized spacial score (nSPS) is 16.1. The SMILES string of the molecule is COCCC(C)(O)CNC(C)Cc1ccccc1F. The predicted molar refractivity (Wildman–Crippen MR) is 74.7 cm³/mol. The maximum Gasteiger partial charge on any atom is 0.126 e. The average molecular weight is 269 g/mol. The maximum atomic E-state index is 13.5. The van der Waals surface area contributed by atoms with Crippen LogP contribution in [0.15, 0.2) is 24.3 Å². The minimum Gasteiger partial charge on any atom is -0.389 e. The Labute approximate surface area is 114 Å². The van der Waals surface area contributed by atoms with Gasteiger partial charge < -0.3 is 15.2 Å². The van der Waals surface area contributed by atoms with Gasteiger partial charge in [0.1, 0.15) is 5.82 Å². The van der Waals surface area contributed by atoms with Crippen LogP contribution in [0.1, 0.15) is 25.8 Å². The lowest BCUT2D eigenvalue weighted by Gasteiger charge is -2.26. The number of benzene rings is 1. The van der Waals surface area contributed by atoms with E-state index < -0.39 is 5.60 Å². The van der Waals surface area contributed by atoms with Crippen molar-refractivity contribution >= 4 is 0 Å². The fourth-order valence-corrected chi connectivity index (χ4v) is 1.87. The molecule has 0 saturated carbocycles. The van der Waals surface area contributed by atoms with E-state index in [-0.39, 0.29) is 11.9 Å². The van der Waals surface area contributed by atoms with Crippen molar-refractivity contribution in [2.45, 2.75) is 38.3 Å². The van der Waals surface area contributed by atoms with E-state index in [9.17, 15) is 9.50 Å². The van der Waals surface area contributed by atoms with Crippen molar-refractivity contribution in [3.8, 4) is 0 Å². The number of methoxy groups -OCH3 is 1. The second-order valence-electron chi connectivity index (χ2n) is 5.32. The monoisotopic (exact) mass is 269 g/mol. The Morgan fingerprint density at radius 2 is 2.11 bits per heavy atom. The van der Waals surface area contributed by atoms with Gasteiger partial charge in [-0.15, -0.1) is 0 Å². The van der Waals surface area contributed by atoms with Gasteiger partial charge in [0, 0.05) is 32.7 Å². The molecule has 1 rings (SSSR count). The molecule has 2 atom stereocenters. The summed E-state index contributed by atoms with van der Waals surface area (Å²) in [5.74, 6) is -0.178. The Hall–Kier alpha value is -0.970. The van der Waals surface area contributed by atoms with Crippen LogP contribution in [0.2, 0.25) is 0 Å². The van der Waals surface area contributed by atoms with Crippen molar-refractivity contribution in [2.75, 3.05) is 20.3 Å². The lowest BCUT2D eigenvalue weighted by Crippen LogP contribution is -2.43. The molecule has 0 amide bonds. The van der Waals surface area contributed by atoms with Crippen molar-refractivity contribution in [2.24, 2.45) is 0 Å². The van der Waals surface area contributed by atoms with Crippen molar-refractivity contribution in [3.63, 3.8) is 0 Å². The summed E-state index contributed by atoms with van der Waals surface area (Å²) in [5, 5.41) is 13.3. The molecule has 2 N–H and O–H groups in total. The van der Waals surface area contributed by atoms with Crippen LogP contribution in [0, 0.1) is 5.82 Å². The quantitative estimate of drug-likeness (QED) is 0.759. The first kappa shape index (κ1) is 16.1. The van der Waals surface area contributed by atoms with Gasteiger partial charge in [0.15, 0.2) is 0 Å². The topological polar surface area (TPSA) is 41.5 Å². The zero-order valence-corrected chi connectivity index (χ0v) is 11.9. The molecule has 0 aromatic heterocycles. The summed E-state index contributed by atoms with van der Waals surface area (Å²) in [6, 6.07) is 6.88. The minimum absolute atomic E-state index is 0.103. The van der Waals surface area contributed by atoms with Gasteiger partial charge >= 0.3 is 0 Å². The standard InChI is InChI=1S/C15H24FNO2/c1-12(10-13-6-4-5-7-14(13)16)17-11-15(2,18)8-9-19-3/h4-7,12,17-18H,8-11H2,1-3H3. The zero-order valence-electron chi connectivity index (χ0n) is 11.9. The third-order valence-corrected chi connectivity index (χ3v) is 3.16. The molecule has 0 aliphatic heterocycles. The minimum atomic E-state index is -0.806. The molecule has 19 heavy (non-hydrogen) atoms. The van der Waals surface area contributed by atoms with E-state index in [4.69, 9.17) is 4.74 Å². The van der Waals surface area contributed by atoms with E-state index >= 15 is 0 Å². The molecule has 4 heteroatoms. The molecule has 0 aliphatic carbocycles. The van der Waals surface area contributed by atoms with Crippen LogP contribution in [0.5, 0.6) is 0 Å². The molecule has 108 valence electrons. The lowest BCUT2D eigenvalue weighted by atomic mass is 10.0. The fourth-order valence-electron chi connectivity index (χ4n) is 1.87. The highest BCUT2D eigenvalue weighted by molar-refractivity contribution is 5.18. The van der Waals surface area contributed by atoms with Crippen molar-refractivity contribution in [1.82, 2.24) is 5.32 Å². The summed E-state index contributed by atoms with van der Waals surface area (Å²) in [5.41, 5.74) is -0.112. The molecular weight excluding hydrogens is 245 g/mol. The molecule has 0 bridgehead atoms. The van der Waals surface area contributed by atoms with Crippen LogP contribution in [0.25, 0.3) is 0 Å². The highest BCUT2D eigenvalue weighted by Gasteiger charge is 2.20. The van der Waals surface area contributed by atoms with Crippen LogP contribution < -0.4 is 5.32 Å². The largest absolute Gasteiger partial charge is 0.389 e. The van der Waals surface area contributed by atoms with E-state index in [0.29, 0.717) is 31.6 Å². The first-order chi connectivity index (χ1) is 8.94. The first-order valence-corrected chi connectivity index (χ1v) is 6.63. The number of rotatable bonds is 8. The fraction of sp³-hybridized carbons (Fsp3) is 0.600. The Balaban J connectivity index is 2.39. The molecule has 1 aromatic carbocycles. The second kappa shape index (κ2) is 7.58. The van der Waals surface area contributed by atoms with Crippen LogP contribution in [0.3, 0.4) is 0 Å². The van der Waals surface area contributed by atoms with E-state index in [1.807, 2.05) is 13.0 Å². The van der Waals surface area contributed by atoms with Gasteiger partial charge in [-0.3, -0.25) is 0 Å². The van der Waals surface area contributed by atoms with Gasteiger partial charge in [0.05, 0.1) is 5.60 Å². The predicted octanol–water partition coefficient (Wildman–Crippen LogP) is 2.13. The van der Waals surface area contributed by atoms with E-state index in [0.717, 1.165) is 0 Å². The molecule has 0 radical (unpaired) electrons. The summed E-state index contributed by atoms with van der Waals surface area (Å²) in [6.07, 6.45) is 1.18. The molecule has 0 aliphatic rings. The van der Waals surface area contributed by atoms with E-state index in [2.05, 4.69) is 5.32 Å². The summed E-state index contributed by atoms with van der Waals surface area (Å²) in [4.78, 5) is 0. The number of hydrogen-bond donors (Lipinski definition) is 2. The van der Waals surface area contributed by atoms with Gasteiger partial charge in [0.25, 0.3) is 0 Å². The average Bonchev–Trinajstić information content (AvgIpc) is 2.37. The Morgan fingerprint density at radius 3 is 2.74 bits per heavy atom. The second-order valence-corrected chi connectivity index (χ2v) is 5.32. The number of halogens is 1. The molecule has 0 spiro atoms. The Bertz CT molecular complexity index is 382. The molecule has 0 fully saturated rings. The smallest absolute Gasteiger partial charge is 0.126 e. The lowest BCUT2D eigenvalue weighted by molar-refractivity contribution is 0.0231. The molecule has 1 aromatic rings. The van der Waals surface area contributed by atoms with Crippen LogP contribution in [-0.2, 0) is 11.2 Å². The highest BCUT2D eigenvalue weighted by Crippen LogP contribution is 2.11.